The maximum absolute atomic E-state index is 10.7. The summed E-state index contributed by atoms with van der Waals surface area (Å²) in [5.74, 6) is 0. The maximum Gasteiger partial charge on any atom is 0.522 e. The summed E-state index contributed by atoms with van der Waals surface area (Å²) in [5, 5.41) is 0. The van der Waals surface area contributed by atoms with Gasteiger partial charge in [0.05, 0.1) is 0 Å². The minimum absolute atomic E-state index is 0. The molecule has 0 unspecified atom stereocenters. The monoisotopic (exact) mass is 184 g/mol. The molecule has 0 saturated carbocycles. The van der Waals surface area contributed by atoms with Crippen LogP contribution in [0.2, 0.25) is 0 Å². The van der Waals surface area contributed by atoms with Gasteiger partial charge in [0.2, 0.25) is 0 Å². The maximum atomic E-state index is 10.7. The van der Waals surface area contributed by atoms with Gasteiger partial charge in [-0.1, -0.05) is 0 Å². The molecule has 0 aromatic carbocycles. The first-order valence-electron chi connectivity index (χ1n) is 1.29. The molecule has 3 nitrogen and oxygen atoms in total. The fraction of sp³-hybridized carbons (Fsp3) is 1.00. The van der Waals surface area contributed by atoms with E-state index in [4.69, 9.17) is 13.0 Å². The Morgan fingerprint density at radius 1 is 1.22 bits per heavy atom. The average Bonchev–Trinajstić information content (AvgIpc) is 1.25. The van der Waals surface area contributed by atoms with Crippen molar-refractivity contribution < 1.29 is 26.1 Å². The molecule has 0 aliphatic carbocycles. The molecule has 0 heterocycles. The van der Waals surface area contributed by atoms with Crippen LogP contribution in [0.5, 0.6) is 0 Å². The van der Waals surface area contributed by atoms with E-state index in [9.17, 15) is 13.2 Å². The molecule has 0 aromatic heterocycles. The van der Waals surface area contributed by atoms with Crippen molar-refractivity contribution in [1.29, 1.82) is 0 Å². The predicted molar refractivity (Wildman–Crippen MR) is 28.0 cm³/mol. The van der Waals surface area contributed by atoms with Crippen molar-refractivity contribution in [2.24, 2.45) is 0 Å². The molecule has 1 N–H and O–H groups in total. The minimum atomic E-state index is -5.84. The van der Waals surface area contributed by atoms with E-state index in [2.05, 4.69) is 0 Å². The fourth-order valence-electron chi connectivity index (χ4n) is 0. The van der Waals surface area contributed by atoms with Crippen LogP contribution in [-0.4, -0.2) is 18.5 Å². The smallest absolute Gasteiger partial charge is 0.279 e. The molecule has 58 valence electrons. The van der Waals surface area contributed by atoms with Gasteiger partial charge in [-0.2, -0.15) is 35.1 Å². The summed E-state index contributed by atoms with van der Waals surface area (Å²) < 4.78 is 57.5. The summed E-state index contributed by atoms with van der Waals surface area (Å²) >= 11 is 0. The van der Waals surface area contributed by atoms with Crippen LogP contribution in [0.1, 0.15) is 0 Å². The van der Waals surface area contributed by atoms with Crippen molar-refractivity contribution in [2.45, 2.75) is 5.51 Å². The molecule has 0 aliphatic rings. The van der Waals surface area contributed by atoms with Crippen molar-refractivity contribution >= 4 is 23.6 Å². The van der Waals surface area contributed by atoms with E-state index >= 15 is 0 Å². The van der Waals surface area contributed by atoms with Crippen molar-refractivity contribution in [3.8, 4) is 0 Å². The SMILES string of the molecule is O=S(=O)(O)C(F)(F)F.S. The molecule has 0 atom stereocenters. The topological polar surface area (TPSA) is 54.4 Å². The number of hydrogen-bond acceptors (Lipinski definition) is 2. The van der Waals surface area contributed by atoms with Gasteiger partial charge in [0.1, 0.15) is 0 Å². The first-order valence-corrected chi connectivity index (χ1v) is 2.73. The number of halogens is 3. The lowest BCUT2D eigenvalue weighted by Crippen LogP contribution is -2.21. The van der Waals surface area contributed by atoms with E-state index in [1.54, 1.807) is 0 Å². The zero-order chi connectivity index (χ0) is 7.00. The second-order valence-electron chi connectivity index (χ2n) is 0.921. The molecule has 0 radical (unpaired) electrons. The van der Waals surface area contributed by atoms with Crippen LogP contribution in [0, 0.1) is 0 Å². The van der Waals surface area contributed by atoms with Gasteiger partial charge >= 0.3 is 15.6 Å². The van der Waals surface area contributed by atoms with Crippen LogP contribution >= 0.6 is 13.5 Å². The molecule has 9 heavy (non-hydrogen) atoms. The van der Waals surface area contributed by atoms with E-state index in [-0.39, 0.29) is 13.5 Å². The third kappa shape index (κ3) is 3.60. The predicted octanol–water partition coefficient (Wildman–Crippen LogP) is 0.507. The van der Waals surface area contributed by atoms with Crippen LogP contribution in [0.4, 0.5) is 13.2 Å². The zero-order valence-electron chi connectivity index (χ0n) is 3.81. The Balaban J connectivity index is 0. The molecule has 0 spiro atoms. The first kappa shape index (κ1) is 11.8. The summed E-state index contributed by atoms with van der Waals surface area (Å²) in [5.41, 5.74) is -5.53. The van der Waals surface area contributed by atoms with Gasteiger partial charge in [0.15, 0.2) is 0 Å². The Labute approximate surface area is 56.1 Å². The average molecular weight is 184 g/mol. The lowest BCUT2D eigenvalue weighted by atomic mass is 11.6. The summed E-state index contributed by atoms with van der Waals surface area (Å²) in [6.07, 6.45) is 0. The summed E-state index contributed by atoms with van der Waals surface area (Å²) in [6.45, 7) is 0. The summed E-state index contributed by atoms with van der Waals surface area (Å²) in [7, 11) is -5.84. The van der Waals surface area contributed by atoms with E-state index in [1.807, 2.05) is 0 Å². The highest BCUT2D eigenvalue weighted by atomic mass is 32.2. The Hall–Kier alpha value is 0.0500. The van der Waals surface area contributed by atoms with Gasteiger partial charge in [0.25, 0.3) is 0 Å². The molecule has 8 heteroatoms. The van der Waals surface area contributed by atoms with Gasteiger partial charge in [-0.05, 0) is 0 Å². The van der Waals surface area contributed by atoms with Crippen LogP contribution in [0.25, 0.3) is 0 Å². The zero-order valence-corrected chi connectivity index (χ0v) is 5.62. The minimum Gasteiger partial charge on any atom is -0.279 e. The third-order valence-corrected chi connectivity index (χ3v) is 0.877. The van der Waals surface area contributed by atoms with Crippen LogP contribution in [-0.2, 0) is 10.1 Å². The lowest BCUT2D eigenvalue weighted by Gasteiger charge is -1.97. The fourth-order valence-corrected chi connectivity index (χ4v) is 0. The van der Waals surface area contributed by atoms with E-state index in [0.717, 1.165) is 0 Å². The second-order valence-corrected chi connectivity index (χ2v) is 2.33. The molecule has 0 saturated heterocycles. The summed E-state index contributed by atoms with van der Waals surface area (Å²) in [4.78, 5) is 0. The standard InChI is InChI=1S/CHF3O3S.H2S/c2-1(3,4)8(5,6)7;/h(H,5,6,7);1H2. The van der Waals surface area contributed by atoms with Crippen molar-refractivity contribution in [3.63, 3.8) is 0 Å². The van der Waals surface area contributed by atoms with Gasteiger partial charge in [-0.15, -0.1) is 0 Å². The number of hydrogen-bond donors (Lipinski definition) is 1. The largest absolute Gasteiger partial charge is 0.522 e. The molecule has 0 amide bonds. The van der Waals surface area contributed by atoms with Crippen LogP contribution in [0.3, 0.4) is 0 Å². The van der Waals surface area contributed by atoms with E-state index < -0.39 is 15.6 Å². The molecular weight excluding hydrogens is 181 g/mol. The van der Waals surface area contributed by atoms with Crippen molar-refractivity contribution in [3.05, 3.63) is 0 Å². The molecular formula is CH3F3O3S2. The van der Waals surface area contributed by atoms with Crippen LogP contribution < -0.4 is 0 Å². The lowest BCUT2D eigenvalue weighted by molar-refractivity contribution is -0.0510. The normalized spacial score (nSPS) is 12.4. The number of alkyl halides is 3. The van der Waals surface area contributed by atoms with E-state index in [1.165, 1.54) is 0 Å². The highest BCUT2D eigenvalue weighted by Gasteiger charge is 2.44. The van der Waals surface area contributed by atoms with Gasteiger partial charge in [0, 0.05) is 0 Å². The highest BCUT2D eigenvalue weighted by Crippen LogP contribution is 2.20. The van der Waals surface area contributed by atoms with Crippen LogP contribution in [0.15, 0.2) is 0 Å². The van der Waals surface area contributed by atoms with Gasteiger partial charge in [-0.25, -0.2) is 0 Å². The Morgan fingerprint density at radius 3 is 1.33 bits per heavy atom. The van der Waals surface area contributed by atoms with Gasteiger partial charge in [-0.3, -0.25) is 4.55 Å². The molecule has 0 bridgehead atoms. The highest BCUT2D eigenvalue weighted by molar-refractivity contribution is 7.86. The number of rotatable bonds is 0. The molecule has 0 fully saturated rings. The Bertz CT molecular complexity index is 166. The Kier molecular flexibility index (Phi) is 3.61. The molecule has 0 rings (SSSR count). The third-order valence-electron chi connectivity index (χ3n) is 0.292. The van der Waals surface area contributed by atoms with Gasteiger partial charge < -0.3 is 0 Å². The quantitative estimate of drug-likeness (QED) is 0.440. The molecule has 0 aromatic rings. The second kappa shape index (κ2) is 2.76. The summed E-state index contributed by atoms with van der Waals surface area (Å²) in [6, 6.07) is 0. The molecule has 0 aliphatic heterocycles. The first-order chi connectivity index (χ1) is 3.25. The van der Waals surface area contributed by atoms with E-state index in [0.29, 0.717) is 0 Å². The van der Waals surface area contributed by atoms with Crippen molar-refractivity contribution in [1.82, 2.24) is 0 Å². The Morgan fingerprint density at radius 2 is 1.33 bits per heavy atom. The van der Waals surface area contributed by atoms with Crippen molar-refractivity contribution in [2.75, 3.05) is 0 Å².